The molecule has 0 saturated carbocycles. The fourth-order valence-electron chi connectivity index (χ4n) is 1.94. The van der Waals surface area contributed by atoms with Crippen molar-refractivity contribution in [1.82, 2.24) is 15.2 Å². The van der Waals surface area contributed by atoms with Gasteiger partial charge in [-0.05, 0) is 30.3 Å². The van der Waals surface area contributed by atoms with Crippen molar-refractivity contribution in [1.29, 1.82) is 5.26 Å². The van der Waals surface area contributed by atoms with Crippen molar-refractivity contribution in [3.05, 3.63) is 66.1 Å². The molecule has 0 spiro atoms. The first-order valence-electron chi connectivity index (χ1n) is 6.73. The molecule has 23 heavy (non-hydrogen) atoms. The molecule has 0 amide bonds. The quantitative estimate of drug-likeness (QED) is 0.768. The van der Waals surface area contributed by atoms with Gasteiger partial charge in [-0.2, -0.15) is 15.3 Å². The standard InChI is InChI=1S/C16H11FN6/c17-12-5-3-6-13(8-12)20-16-22-15(10-19-23-16)21-14-7-2-1-4-11(14)9-18/h1-8,10H,(H2,20,21,22,23). The van der Waals surface area contributed by atoms with E-state index < -0.39 is 0 Å². The number of nitriles is 1. The highest BCUT2D eigenvalue weighted by atomic mass is 19.1. The number of anilines is 4. The van der Waals surface area contributed by atoms with Gasteiger partial charge in [0.25, 0.3) is 0 Å². The van der Waals surface area contributed by atoms with E-state index >= 15 is 0 Å². The Morgan fingerprint density at radius 1 is 1.04 bits per heavy atom. The zero-order valence-corrected chi connectivity index (χ0v) is 11.9. The zero-order valence-electron chi connectivity index (χ0n) is 11.9. The van der Waals surface area contributed by atoms with Gasteiger partial charge in [-0.25, -0.2) is 4.39 Å². The van der Waals surface area contributed by atoms with Crippen LogP contribution in [0.15, 0.2) is 54.7 Å². The van der Waals surface area contributed by atoms with Crippen molar-refractivity contribution in [2.45, 2.75) is 0 Å². The monoisotopic (exact) mass is 306 g/mol. The number of nitrogens with zero attached hydrogens (tertiary/aromatic N) is 4. The molecule has 1 heterocycles. The van der Waals surface area contributed by atoms with E-state index in [0.717, 1.165) is 0 Å². The predicted molar refractivity (Wildman–Crippen MR) is 83.9 cm³/mol. The molecule has 112 valence electrons. The molecule has 2 N–H and O–H groups in total. The van der Waals surface area contributed by atoms with E-state index in [-0.39, 0.29) is 11.8 Å². The van der Waals surface area contributed by atoms with E-state index in [1.54, 1.807) is 30.3 Å². The van der Waals surface area contributed by atoms with Crippen LogP contribution in [-0.4, -0.2) is 15.2 Å². The summed E-state index contributed by atoms with van der Waals surface area (Å²) in [5, 5.41) is 22.7. The highest BCUT2D eigenvalue weighted by Gasteiger charge is 2.05. The largest absolute Gasteiger partial charge is 0.338 e. The van der Waals surface area contributed by atoms with Crippen molar-refractivity contribution in [2.24, 2.45) is 0 Å². The van der Waals surface area contributed by atoms with E-state index in [1.807, 2.05) is 6.07 Å². The number of hydrogen-bond acceptors (Lipinski definition) is 6. The van der Waals surface area contributed by atoms with Crippen LogP contribution in [-0.2, 0) is 0 Å². The van der Waals surface area contributed by atoms with Crippen LogP contribution in [0.25, 0.3) is 0 Å². The molecular weight excluding hydrogens is 295 g/mol. The molecule has 0 aliphatic heterocycles. The molecule has 0 radical (unpaired) electrons. The Bertz CT molecular complexity index is 874. The molecule has 0 aliphatic rings. The van der Waals surface area contributed by atoms with E-state index in [9.17, 15) is 4.39 Å². The molecule has 7 heteroatoms. The highest BCUT2D eigenvalue weighted by molar-refractivity contribution is 5.64. The number of nitrogens with one attached hydrogen (secondary N) is 2. The first-order chi connectivity index (χ1) is 11.2. The molecule has 0 aliphatic carbocycles. The maximum absolute atomic E-state index is 13.2. The molecule has 0 saturated heterocycles. The van der Waals surface area contributed by atoms with Gasteiger partial charge in [0.15, 0.2) is 5.82 Å². The summed E-state index contributed by atoms with van der Waals surface area (Å²) in [6.45, 7) is 0. The Morgan fingerprint density at radius 2 is 1.91 bits per heavy atom. The highest BCUT2D eigenvalue weighted by Crippen LogP contribution is 2.19. The summed E-state index contributed by atoms with van der Waals surface area (Å²) in [6, 6.07) is 15.1. The molecule has 3 rings (SSSR count). The van der Waals surface area contributed by atoms with Crippen molar-refractivity contribution in [3.63, 3.8) is 0 Å². The topological polar surface area (TPSA) is 86.5 Å². The number of aromatic nitrogens is 3. The lowest BCUT2D eigenvalue weighted by atomic mass is 10.2. The Morgan fingerprint density at radius 3 is 2.74 bits per heavy atom. The average molecular weight is 306 g/mol. The second kappa shape index (κ2) is 6.49. The number of halogens is 1. The van der Waals surface area contributed by atoms with E-state index in [1.165, 1.54) is 18.3 Å². The lowest BCUT2D eigenvalue weighted by Crippen LogP contribution is -2.03. The second-order valence-corrected chi connectivity index (χ2v) is 4.58. The summed E-state index contributed by atoms with van der Waals surface area (Å²) < 4.78 is 13.2. The third-order valence-electron chi connectivity index (χ3n) is 2.95. The zero-order chi connectivity index (χ0) is 16.1. The maximum Gasteiger partial charge on any atom is 0.249 e. The first kappa shape index (κ1) is 14.4. The fourth-order valence-corrected chi connectivity index (χ4v) is 1.94. The number of para-hydroxylation sites is 1. The van der Waals surface area contributed by atoms with Crippen molar-refractivity contribution in [2.75, 3.05) is 10.6 Å². The van der Waals surface area contributed by atoms with Gasteiger partial charge in [-0.15, -0.1) is 5.10 Å². The molecule has 0 bridgehead atoms. The minimum Gasteiger partial charge on any atom is -0.338 e. The Kier molecular flexibility index (Phi) is 4.07. The minimum absolute atomic E-state index is 0.218. The summed E-state index contributed by atoms with van der Waals surface area (Å²) in [5.74, 6) is 0.275. The van der Waals surface area contributed by atoms with E-state index in [4.69, 9.17) is 5.26 Å². The average Bonchev–Trinajstić information content (AvgIpc) is 2.56. The fraction of sp³-hybridized carbons (Fsp3) is 0. The van der Waals surface area contributed by atoms with Crippen LogP contribution >= 0.6 is 0 Å². The third kappa shape index (κ3) is 3.57. The number of rotatable bonds is 4. The SMILES string of the molecule is N#Cc1ccccc1Nc1cnnc(Nc2cccc(F)c2)n1. The van der Waals surface area contributed by atoms with Gasteiger partial charge in [0.1, 0.15) is 11.9 Å². The van der Waals surface area contributed by atoms with Crippen LogP contribution in [0, 0.1) is 17.1 Å². The van der Waals surface area contributed by atoms with Gasteiger partial charge in [0.05, 0.1) is 17.4 Å². The lowest BCUT2D eigenvalue weighted by molar-refractivity contribution is 0.628. The maximum atomic E-state index is 13.2. The normalized spacial score (nSPS) is 9.91. The van der Waals surface area contributed by atoms with Gasteiger partial charge < -0.3 is 10.6 Å². The number of hydrogen-bond donors (Lipinski definition) is 2. The molecule has 3 aromatic rings. The minimum atomic E-state index is -0.361. The van der Waals surface area contributed by atoms with Crippen LogP contribution < -0.4 is 10.6 Å². The van der Waals surface area contributed by atoms with Crippen molar-refractivity contribution < 1.29 is 4.39 Å². The smallest absolute Gasteiger partial charge is 0.249 e. The Hall–Kier alpha value is -3.53. The summed E-state index contributed by atoms with van der Waals surface area (Å²) >= 11 is 0. The van der Waals surface area contributed by atoms with Gasteiger partial charge in [0, 0.05) is 5.69 Å². The first-order valence-corrected chi connectivity index (χ1v) is 6.73. The van der Waals surface area contributed by atoms with Gasteiger partial charge in [0.2, 0.25) is 5.95 Å². The summed E-state index contributed by atoms with van der Waals surface area (Å²) in [5.41, 5.74) is 1.62. The lowest BCUT2D eigenvalue weighted by Gasteiger charge is -2.08. The molecule has 0 unspecified atom stereocenters. The van der Waals surface area contributed by atoms with Gasteiger partial charge in [-0.1, -0.05) is 18.2 Å². The molecular formula is C16H11FN6. The molecule has 1 aromatic heterocycles. The molecule has 2 aromatic carbocycles. The Labute approximate surface area is 131 Å². The predicted octanol–water partition coefficient (Wildman–Crippen LogP) is 3.37. The number of benzene rings is 2. The molecule has 0 atom stereocenters. The van der Waals surface area contributed by atoms with Crippen molar-refractivity contribution >= 4 is 23.1 Å². The van der Waals surface area contributed by atoms with Crippen LogP contribution in [0.5, 0.6) is 0 Å². The summed E-state index contributed by atoms with van der Waals surface area (Å²) in [6.07, 6.45) is 1.44. The van der Waals surface area contributed by atoms with Crippen LogP contribution in [0.4, 0.5) is 27.5 Å². The van der Waals surface area contributed by atoms with E-state index in [0.29, 0.717) is 22.8 Å². The second-order valence-electron chi connectivity index (χ2n) is 4.58. The molecule has 0 fully saturated rings. The Balaban J connectivity index is 1.81. The van der Waals surface area contributed by atoms with E-state index in [2.05, 4.69) is 31.9 Å². The van der Waals surface area contributed by atoms with Crippen LogP contribution in [0.3, 0.4) is 0 Å². The summed E-state index contributed by atoms with van der Waals surface area (Å²) in [7, 11) is 0. The third-order valence-corrected chi connectivity index (χ3v) is 2.95. The van der Waals surface area contributed by atoms with Gasteiger partial charge >= 0.3 is 0 Å². The van der Waals surface area contributed by atoms with Crippen LogP contribution in [0.1, 0.15) is 5.56 Å². The van der Waals surface area contributed by atoms with Crippen LogP contribution in [0.2, 0.25) is 0 Å². The van der Waals surface area contributed by atoms with Gasteiger partial charge in [-0.3, -0.25) is 0 Å². The molecule has 6 nitrogen and oxygen atoms in total. The summed E-state index contributed by atoms with van der Waals surface area (Å²) in [4.78, 5) is 4.24. The van der Waals surface area contributed by atoms with Crippen molar-refractivity contribution in [3.8, 4) is 6.07 Å².